The zero-order chi connectivity index (χ0) is 23.2. The van der Waals surface area contributed by atoms with Crippen LogP contribution in [-0.4, -0.2) is 47.2 Å². The largest absolute Gasteiger partial charge is 0.352 e. The monoisotopic (exact) mass is 503 g/mol. The van der Waals surface area contributed by atoms with Gasteiger partial charge in [-0.25, -0.2) is 13.4 Å². The van der Waals surface area contributed by atoms with Gasteiger partial charge in [-0.2, -0.15) is 0 Å². The molecule has 2 aliphatic rings. The van der Waals surface area contributed by atoms with Crippen molar-refractivity contribution < 1.29 is 13.2 Å². The van der Waals surface area contributed by atoms with Crippen LogP contribution in [0.2, 0.25) is 0 Å². The number of carbonyl (C=O) groups is 1. The quantitative estimate of drug-likeness (QED) is 0.425. The Balaban J connectivity index is 1.48. The van der Waals surface area contributed by atoms with Gasteiger partial charge in [-0.15, -0.1) is 11.3 Å². The Morgan fingerprint density at radius 2 is 2.06 bits per heavy atom. The Bertz CT molecular complexity index is 1380. The number of amides is 1. The fraction of sp³-hybridized carbons (Fsp3) is 0.435. The first-order valence-electron chi connectivity index (χ1n) is 11.1. The fourth-order valence-electron chi connectivity index (χ4n) is 4.58. The number of carbonyl (C=O) groups excluding carboxylic acids is 1. The zero-order valence-electron chi connectivity index (χ0n) is 18.2. The number of benzene rings is 1. The third-order valence-corrected chi connectivity index (χ3v) is 10.1. The van der Waals surface area contributed by atoms with Gasteiger partial charge in [-0.05, 0) is 49.3 Å². The van der Waals surface area contributed by atoms with Crippen molar-refractivity contribution in [1.82, 2.24) is 14.9 Å². The highest BCUT2D eigenvalue weighted by Gasteiger charge is 2.29. The van der Waals surface area contributed by atoms with Gasteiger partial charge < -0.3 is 5.32 Å². The van der Waals surface area contributed by atoms with Crippen LogP contribution in [0.5, 0.6) is 0 Å². The lowest BCUT2D eigenvalue weighted by Gasteiger charge is -2.18. The molecule has 0 bridgehead atoms. The molecule has 5 rings (SSSR count). The van der Waals surface area contributed by atoms with E-state index in [1.807, 2.05) is 30.3 Å². The Morgan fingerprint density at radius 1 is 1.27 bits per heavy atom. The number of nitrogens with one attached hydrogen (secondary N) is 1. The second-order valence-electron chi connectivity index (χ2n) is 8.86. The molecule has 0 spiro atoms. The van der Waals surface area contributed by atoms with Gasteiger partial charge >= 0.3 is 0 Å². The highest BCUT2D eigenvalue weighted by Crippen LogP contribution is 2.37. The van der Waals surface area contributed by atoms with Crippen LogP contribution in [0.25, 0.3) is 15.9 Å². The van der Waals surface area contributed by atoms with Gasteiger partial charge in [0.05, 0.1) is 28.3 Å². The number of para-hydroxylation sites is 1. The van der Waals surface area contributed by atoms with Gasteiger partial charge in [-0.1, -0.05) is 36.9 Å². The van der Waals surface area contributed by atoms with Crippen molar-refractivity contribution in [2.24, 2.45) is 5.92 Å². The van der Waals surface area contributed by atoms with Crippen LogP contribution in [0.15, 0.2) is 40.3 Å². The number of aryl methyl sites for hydroxylation is 1. The summed E-state index contributed by atoms with van der Waals surface area (Å²) in [7, 11) is -3.06. The summed E-state index contributed by atoms with van der Waals surface area (Å²) in [5, 5.41) is 3.99. The van der Waals surface area contributed by atoms with Crippen LogP contribution in [-0.2, 0) is 27.5 Å². The number of thioether (sulfide) groups is 1. The maximum atomic E-state index is 13.7. The molecule has 174 valence electrons. The SMILES string of the molecule is CC1CCc2c(sc3nc(SCC(=O)NC4CCS(=O)(=O)C4)n(-c4ccccc4)c(=O)c23)C1. The van der Waals surface area contributed by atoms with E-state index in [1.54, 1.807) is 15.9 Å². The number of fused-ring (bicyclic) bond motifs is 3. The van der Waals surface area contributed by atoms with Crippen molar-refractivity contribution in [2.75, 3.05) is 17.3 Å². The van der Waals surface area contributed by atoms with E-state index in [4.69, 9.17) is 4.98 Å². The molecule has 0 saturated carbocycles. The van der Waals surface area contributed by atoms with Gasteiger partial charge in [0.1, 0.15) is 4.83 Å². The van der Waals surface area contributed by atoms with Crippen molar-refractivity contribution in [3.05, 3.63) is 51.1 Å². The summed E-state index contributed by atoms with van der Waals surface area (Å²) in [6, 6.07) is 9.02. The van der Waals surface area contributed by atoms with Gasteiger partial charge in [0.2, 0.25) is 5.91 Å². The molecule has 33 heavy (non-hydrogen) atoms. The first kappa shape index (κ1) is 22.6. The summed E-state index contributed by atoms with van der Waals surface area (Å²) in [6.45, 7) is 2.23. The predicted octanol–water partition coefficient (Wildman–Crippen LogP) is 2.97. The highest BCUT2D eigenvalue weighted by atomic mass is 32.2. The molecule has 1 amide bonds. The third-order valence-electron chi connectivity index (χ3n) is 6.24. The number of nitrogens with zero attached hydrogens (tertiary/aromatic N) is 2. The topological polar surface area (TPSA) is 98.1 Å². The summed E-state index contributed by atoms with van der Waals surface area (Å²) in [5.74, 6) is 0.498. The summed E-state index contributed by atoms with van der Waals surface area (Å²) >= 11 is 2.80. The van der Waals surface area contributed by atoms with Crippen LogP contribution in [0.1, 0.15) is 30.2 Å². The minimum Gasteiger partial charge on any atom is -0.352 e. The van der Waals surface area contributed by atoms with E-state index < -0.39 is 9.84 Å². The minimum absolute atomic E-state index is 0.0124. The van der Waals surface area contributed by atoms with Crippen LogP contribution in [0.3, 0.4) is 0 Å². The molecule has 1 fully saturated rings. The number of hydrogen-bond acceptors (Lipinski definition) is 7. The lowest BCUT2D eigenvalue weighted by Crippen LogP contribution is -2.36. The molecular formula is C23H25N3O4S3. The molecule has 1 N–H and O–H groups in total. The van der Waals surface area contributed by atoms with Crippen molar-refractivity contribution >= 4 is 49.1 Å². The van der Waals surface area contributed by atoms with Gasteiger partial charge in [0.25, 0.3) is 5.56 Å². The smallest absolute Gasteiger partial charge is 0.267 e. The lowest BCUT2D eigenvalue weighted by molar-refractivity contribution is -0.119. The molecule has 1 saturated heterocycles. The summed E-state index contributed by atoms with van der Waals surface area (Å²) in [4.78, 5) is 33.1. The molecule has 1 aliphatic heterocycles. The molecule has 3 aromatic rings. The second-order valence-corrected chi connectivity index (χ2v) is 13.1. The molecule has 7 nitrogen and oxygen atoms in total. The summed E-state index contributed by atoms with van der Waals surface area (Å²) in [5.41, 5.74) is 1.75. The van der Waals surface area contributed by atoms with E-state index in [-0.39, 0.29) is 34.8 Å². The molecule has 3 heterocycles. The average Bonchev–Trinajstić information content (AvgIpc) is 3.31. The number of hydrogen-bond donors (Lipinski definition) is 1. The number of sulfone groups is 1. The third kappa shape index (κ3) is 4.61. The highest BCUT2D eigenvalue weighted by molar-refractivity contribution is 7.99. The molecule has 1 aliphatic carbocycles. The van der Waals surface area contributed by atoms with Crippen molar-refractivity contribution in [3.8, 4) is 5.69 Å². The molecule has 2 aromatic heterocycles. The minimum atomic E-state index is -3.06. The van der Waals surface area contributed by atoms with E-state index in [1.165, 1.54) is 16.6 Å². The van der Waals surface area contributed by atoms with Gasteiger partial charge in [0.15, 0.2) is 15.0 Å². The number of rotatable bonds is 5. The molecule has 2 unspecified atom stereocenters. The second kappa shape index (κ2) is 8.88. The Kier molecular flexibility index (Phi) is 6.09. The van der Waals surface area contributed by atoms with E-state index in [0.717, 1.165) is 29.7 Å². The summed E-state index contributed by atoms with van der Waals surface area (Å²) < 4.78 is 24.9. The van der Waals surface area contributed by atoms with Gasteiger partial charge in [-0.3, -0.25) is 14.2 Å². The first-order chi connectivity index (χ1) is 15.8. The number of thiophene rings is 1. The lowest BCUT2D eigenvalue weighted by atomic mass is 9.89. The molecule has 10 heteroatoms. The van der Waals surface area contributed by atoms with Crippen molar-refractivity contribution in [2.45, 2.75) is 43.8 Å². The number of aromatic nitrogens is 2. The van der Waals surface area contributed by atoms with Crippen molar-refractivity contribution in [1.29, 1.82) is 0 Å². The van der Waals surface area contributed by atoms with E-state index in [2.05, 4.69) is 12.2 Å². The maximum Gasteiger partial charge on any atom is 0.267 e. The van der Waals surface area contributed by atoms with Gasteiger partial charge in [0, 0.05) is 10.9 Å². The summed E-state index contributed by atoms with van der Waals surface area (Å²) in [6.07, 6.45) is 3.37. The fourth-order valence-corrected chi connectivity index (χ4v) is 8.50. The Hall–Kier alpha value is -2.17. The first-order valence-corrected chi connectivity index (χ1v) is 14.7. The van der Waals surface area contributed by atoms with E-state index in [9.17, 15) is 18.0 Å². The van der Waals surface area contributed by atoms with Crippen LogP contribution in [0, 0.1) is 5.92 Å². The average molecular weight is 504 g/mol. The molecule has 0 radical (unpaired) electrons. The maximum absolute atomic E-state index is 13.7. The molecule has 1 aromatic carbocycles. The zero-order valence-corrected chi connectivity index (χ0v) is 20.7. The van der Waals surface area contributed by atoms with E-state index >= 15 is 0 Å². The standard InChI is InChI=1S/C23H25N3O4S3/c1-14-7-8-17-18(11-14)32-21-20(17)22(28)26(16-5-3-2-4-6-16)23(25-21)31-12-19(27)24-15-9-10-33(29,30)13-15/h2-6,14-15H,7-13H2,1H3,(H,24,27). The van der Waals surface area contributed by atoms with Crippen LogP contribution in [0.4, 0.5) is 0 Å². The van der Waals surface area contributed by atoms with Crippen LogP contribution < -0.4 is 10.9 Å². The van der Waals surface area contributed by atoms with E-state index in [0.29, 0.717) is 28.6 Å². The predicted molar refractivity (Wildman–Crippen MR) is 132 cm³/mol. The Morgan fingerprint density at radius 3 is 2.79 bits per heavy atom. The molecular weight excluding hydrogens is 478 g/mol. The van der Waals surface area contributed by atoms with Crippen molar-refractivity contribution in [3.63, 3.8) is 0 Å². The Labute approximate surface area is 200 Å². The molecule has 2 atom stereocenters. The van der Waals surface area contributed by atoms with Crippen LogP contribution >= 0.6 is 23.1 Å². The normalized spacial score (nSPS) is 21.7.